The van der Waals surface area contributed by atoms with Crippen LogP contribution in [-0.2, 0) is 0 Å². The number of nitrogens with zero attached hydrogens (tertiary/aromatic N) is 2. The molecular weight excluding hydrogens is 358 g/mol. The van der Waals surface area contributed by atoms with Gasteiger partial charge in [-0.1, -0.05) is 42.0 Å². The van der Waals surface area contributed by atoms with E-state index in [1.807, 2.05) is 56.3 Å². The van der Waals surface area contributed by atoms with Crippen LogP contribution in [0.3, 0.4) is 0 Å². The summed E-state index contributed by atoms with van der Waals surface area (Å²) in [7, 11) is 0. The van der Waals surface area contributed by atoms with Crippen LogP contribution < -0.4 is 5.32 Å². The van der Waals surface area contributed by atoms with E-state index in [0.29, 0.717) is 11.4 Å². The summed E-state index contributed by atoms with van der Waals surface area (Å²) in [6.45, 7) is 8.05. The fourth-order valence-electron chi connectivity index (χ4n) is 3.69. The summed E-state index contributed by atoms with van der Waals surface area (Å²) in [5, 5.41) is 3.78. The lowest BCUT2D eigenvalue weighted by Crippen LogP contribution is -2.14. The van der Waals surface area contributed by atoms with Crippen molar-refractivity contribution in [2.24, 2.45) is 0 Å². The summed E-state index contributed by atoms with van der Waals surface area (Å²) in [6, 6.07) is 19.7. The summed E-state index contributed by atoms with van der Waals surface area (Å²) in [4.78, 5) is 22.4. The molecule has 0 aliphatic heterocycles. The molecule has 4 rings (SSSR count). The number of anilines is 1. The molecule has 0 atom stereocenters. The van der Waals surface area contributed by atoms with Crippen molar-refractivity contribution in [3.05, 3.63) is 88.6 Å². The summed E-state index contributed by atoms with van der Waals surface area (Å²) in [5.74, 6) is 0.369. The summed E-state index contributed by atoms with van der Waals surface area (Å²) in [5.41, 5.74) is 7.47. The van der Waals surface area contributed by atoms with E-state index < -0.39 is 0 Å². The zero-order valence-corrected chi connectivity index (χ0v) is 17.1. The third-order valence-corrected chi connectivity index (χ3v) is 4.96. The highest BCUT2D eigenvalue weighted by Gasteiger charge is 2.16. The number of para-hydroxylation sites is 1. The van der Waals surface area contributed by atoms with Crippen LogP contribution in [0.25, 0.3) is 22.2 Å². The van der Waals surface area contributed by atoms with Gasteiger partial charge in [-0.3, -0.25) is 4.79 Å². The van der Waals surface area contributed by atoms with Crippen molar-refractivity contribution >= 4 is 22.6 Å². The average molecular weight is 381 g/mol. The van der Waals surface area contributed by atoms with E-state index >= 15 is 0 Å². The van der Waals surface area contributed by atoms with Gasteiger partial charge in [-0.15, -0.1) is 0 Å². The number of aromatic nitrogens is 2. The Balaban J connectivity index is 1.83. The van der Waals surface area contributed by atoms with Crippen molar-refractivity contribution in [3.8, 4) is 11.3 Å². The monoisotopic (exact) mass is 381 g/mol. The number of rotatable bonds is 3. The van der Waals surface area contributed by atoms with Gasteiger partial charge in [0.25, 0.3) is 5.91 Å². The minimum absolute atomic E-state index is 0.188. The maximum atomic E-state index is 13.2. The van der Waals surface area contributed by atoms with Crippen molar-refractivity contribution in [2.45, 2.75) is 27.7 Å². The minimum Gasteiger partial charge on any atom is -0.307 e. The first kappa shape index (κ1) is 18.8. The molecule has 2 aromatic carbocycles. The smallest absolute Gasteiger partial charge is 0.257 e. The first-order valence-electron chi connectivity index (χ1n) is 9.65. The molecule has 0 unspecified atom stereocenters. The Bertz CT molecular complexity index is 1220. The van der Waals surface area contributed by atoms with Crippen LogP contribution in [0.2, 0.25) is 0 Å². The average Bonchev–Trinajstić information content (AvgIpc) is 2.66. The number of benzene rings is 2. The molecule has 0 saturated carbocycles. The molecule has 29 heavy (non-hydrogen) atoms. The highest BCUT2D eigenvalue weighted by atomic mass is 16.1. The molecule has 0 spiro atoms. The number of pyridine rings is 2. The van der Waals surface area contributed by atoms with Crippen LogP contribution in [0.4, 0.5) is 5.82 Å². The van der Waals surface area contributed by atoms with Gasteiger partial charge in [-0.25, -0.2) is 9.97 Å². The van der Waals surface area contributed by atoms with E-state index in [4.69, 9.17) is 4.98 Å². The Hall–Kier alpha value is -3.53. The number of hydrogen-bond donors (Lipinski definition) is 1. The lowest BCUT2D eigenvalue weighted by molar-refractivity contribution is 0.102. The lowest BCUT2D eigenvalue weighted by atomic mass is 9.99. The van der Waals surface area contributed by atoms with Crippen molar-refractivity contribution in [2.75, 3.05) is 5.32 Å². The van der Waals surface area contributed by atoms with Crippen LogP contribution in [-0.4, -0.2) is 15.9 Å². The minimum atomic E-state index is -0.188. The van der Waals surface area contributed by atoms with Crippen LogP contribution in [0.15, 0.2) is 60.7 Å². The normalized spacial score (nSPS) is 10.9. The van der Waals surface area contributed by atoms with Gasteiger partial charge >= 0.3 is 0 Å². The number of nitrogens with one attached hydrogen (secondary N) is 1. The molecule has 144 valence electrons. The third kappa shape index (κ3) is 3.87. The highest BCUT2D eigenvalue weighted by Crippen LogP contribution is 2.28. The van der Waals surface area contributed by atoms with Crippen molar-refractivity contribution in [1.29, 1.82) is 0 Å². The van der Waals surface area contributed by atoms with Crippen LogP contribution in [0.1, 0.15) is 32.7 Å². The molecule has 0 aliphatic carbocycles. The second kappa shape index (κ2) is 7.47. The van der Waals surface area contributed by atoms with E-state index in [0.717, 1.165) is 39.0 Å². The Morgan fingerprint density at radius 1 is 0.828 bits per heavy atom. The standard InChI is InChI=1S/C25H23N3O/c1-15-9-10-19(17(3)11-15)23-14-21(20-7-5-6-8-22(20)27-23)25(29)28-24-13-16(2)12-18(4)26-24/h5-14H,1-4H3,(H,26,28,29). The number of amides is 1. The van der Waals surface area contributed by atoms with Gasteiger partial charge in [-0.05, 0) is 63.1 Å². The zero-order chi connectivity index (χ0) is 20.5. The van der Waals surface area contributed by atoms with Crippen molar-refractivity contribution in [1.82, 2.24) is 9.97 Å². The van der Waals surface area contributed by atoms with Crippen LogP contribution >= 0.6 is 0 Å². The van der Waals surface area contributed by atoms with Gasteiger partial charge in [0.1, 0.15) is 5.82 Å². The van der Waals surface area contributed by atoms with E-state index in [1.165, 1.54) is 5.56 Å². The molecule has 4 heteroatoms. The van der Waals surface area contributed by atoms with Gasteiger partial charge in [0.05, 0.1) is 16.8 Å². The number of hydrogen-bond acceptors (Lipinski definition) is 3. The van der Waals surface area contributed by atoms with Crippen molar-refractivity contribution < 1.29 is 4.79 Å². The molecule has 2 heterocycles. The van der Waals surface area contributed by atoms with E-state index in [9.17, 15) is 4.79 Å². The van der Waals surface area contributed by atoms with Crippen LogP contribution in [0, 0.1) is 27.7 Å². The third-order valence-electron chi connectivity index (χ3n) is 4.96. The topological polar surface area (TPSA) is 54.9 Å². The second-order valence-electron chi connectivity index (χ2n) is 7.52. The predicted molar refractivity (Wildman–Crippen MR) is 118 cm³/mol. The van der Waals surface area contributed by atoms with Gasteiger partial charge < -0.3 is 5.32 Å². The molecule has 4 aromatic rings. The maximum absolute atomic E-state index is 13.2. The Morgan fingerprint density at radius 3 is 2.38 bits per heavy atom. The predicted octanol–water partition coefficient (Wildman–Crippen LogP) is 5.78. The van der Waals surface area contributed by atoms with E-state index in [-0.39, 0.29) is 5.91 Å². The number of fused-ring (bicyclic) bond motifs is 1. The number of carbonyl (C=O) groups excluding carboxylic acids is 1. The first-order chi connectivity index (χ1) is 13.9. The quantitative estimate of drug-likeness (QED) is 0.489. The summed E-state index contributed by atoms with van der Waals surface area (Å²) in [6.07, 6.45) is 0. The van der Waals surface area contributed by atoms with Gasteiger partial charge in [0.2, 0.25) is 0 Å². The van der Waals surface area contributed by atoms with Crippen molar-refractivity contribution in [3.63, 3.8) is 0 Å². The molecular formula is C25H23N3O. The fraction of sp³-hybridized carbons (Fsp3) is 0.160. The van der Waals surface area contributed by atoms with Crippen LogP contribution in [0.5, 0.6) is 0 Å². The van der Waals surface area contributed by atoms with E-state index in [2.05, 4.69) is 42.3 Å². The lowest BCUT2D eigenvalue weighted by Gasteiger charge is -2.12. The fourth-order valence-corrected chi connectivity index (χ4v) is 3.69. The molecule has 1 N–H and O–H groups in total. The van der Waals surface area contributed by atoms with E-state index in [1.54, 1.807) is 0 Å². The number of aryl methyl sites for hydroxylation is 4. The molecule has 2 aromatic heterocycles. The second-order valence-corrected chi connectivity index (χ2v) is 7.52. The van der Waals surface area contributed by atoms with Gasteiger partial charge in [-0.2, -0.15) is 0 Å². The largest absolute Gasteiger partial charge is 0.307 e. The first-order valence-corrected chi connectivity index (χ1v) is 9.65. The summed E-state index contributed by atoms with van der Waals surface area (Å²) < 4.78 is 0. The Morgan fingerprint density at radius 2 is 1.62 bits per heavy atom. The molecule has 1 amide bonds. The Kier molecular flexibility index (Phi) is 4.85. The summed E-state index contributed by atoms with van der Waals surface area (Å²) >= 11 is 0. The number of carbonyl (C=O) groups is 1. The van der Waals surface area contributed by atoms with Gasteiger partial charge in [0, 0.05) is 16.6 Å². The molecule has 0 fully saturated rings. The maximum Gasteiger partial charge on any atom is 0.257 e. The molecule has 0 bridgehead atoms. The van der Waals surface area contributed by atoms with Gasteiger partial charge in [0.15, 0.2) is 0 Å². The Labute approximate surface area is 170 Å². The molecule has 4 nitrogen and oxygen atoms in total. The SMILES string of the molecule is Cc1cc(C)nc(NC(=O)c2cc(-c3ccc(C)cc3C)nc3ccccc23)c1. The molecule has 0 saturated heterocycles. The molecule has 0 radical (unpaired) electrons. The molecule has 0 aliphatic rings. The highest BCUT2D eigenvalue weighted by molar-refractivity contribution is 6.12. The zero-order valence-electron chi connectivity index (χ0n) is 17.1.